The Kier molecular flexibility index (Phi) is 4.39. The van der Waals surface area contributed by atoms with E-state index in [9.17, 15) is 13.2 Å². The number of anilines is 1. The van der Waals surface area contributed by atoms with E-state index in [-0.39, 0.29) is 16.5 Å². The van der Waals surface area contributed by atoms with Gasteiger partial charge in [0, 0.05) is 43.9 Å². The number of aromatic nitrogens is 3. The van der Waals surface area contributed by atoms with Gasteiger partial charge in [0.2, 0.25) is 10.0 Å². The standard InChI is InChI=1S/C14H17N5O3S/c20-14-13(16-6-7-17-14)19-8-2-3-11(10-19)18-23(21,22)12-4-1-5-15-9-12/h1,4-7,9,11,18H,2-3,8,10H2,(H,17,20). The number of aromatic amines is 1. The molecule has 0 bridgehead atoms. The van der Waals surface area contributed by atoms with E-state index in [1.165, 1.54) is 30.9 Å². The third-order valence-corrected chi connectivity index (χ3v) is 5.18. The van der Waals surface area contributed by atoms with Crippen LogP contribution in [-0.4, -0.2) is 42.5 Å². The summed E-state index contributed by atoms with van der Waals surface area (Å²) in [7, 11) is -3.62. The predicted molar refractivity (Wildman–Crippen MR) is 84.7 cm³/mol. The van der Waals surface area contributed by atoms with Crippen LogP contribution in [0.1, 0.15) is 12.8 Å². The van der Waals surface area contributed by atoms with Crippen LogP contribution in [0.3, 0.4) is 0 Å². The Morgan fingerprint density at radius 2 is 2.22 bits per heavy atom. The Hall–Kier alpha value is -2.26. The molecule has 0 amide bonds. The van der Waals surface area contributed by atoms with Gasteiger partial charge in [0.05, 0.1) is 0 Å². The minimum Gasteiger partial charge on any atom is -0.350 e. The van der Waals surface area contributed by atoms with Crippen molar-refractivity contribution >= 4 is 15.8 Å². The highest BCUT2D eigenvalue weighted by atomic mass is 32.2. The van der Waals surface area contributed by atoms with Crippen molar-refractivity contribution in [2.45, 2.75) is 23.8 Å². The van der Waals surface area contributed by atoms with Crippen LogP contribution in [0, 0.1) is 0 Å². The zero-order chi connectivity index (χ0) is 16.3. The van der Waals surface area contributed by atoms with Crippen molar-refractivity contribution < 1.29 is 8.42 Å². The average molecular weight is 335 g/mol. The fraction of sp³-hybridized carbons (Fsp3) is 0.357. The summed E-state index contributed by atoms with van der Waals surface area (Å²) in [4.78, 5) is 24.3. The number of nitrogens with zero attached hydrogens (tertiary/aromatic N) is 3. The Balaban J connectivity index is 1.75. The minimum atomic E-state index is -3.62. The number of sulfonamides is 1. The lowest BCUT2D eigenvalue weighted by atomic mass is 10.1. The van der Waals surface area contributed by atoms with Crippen LogP contribution in [-0.2, 0) is 10.0 Å². The van der Waals surface area contributed by atoms with Gasteiger partial charge in [0.25, 0.3) is 5.56 Å². The molecule has 3 rings (SSSR count). The quantitative estimate of drug-likeness (QED) is 0.821. The first kappa shape index (κ1) is 15.6. The molecule has 1 aliphatic rings. The lowest BCUT2D eigenvalue weighted by Crippen LogP contribution is -2.49. The van der Waals surface area contributed by atoms with E-state index in [2.05, 4.69) is 19.7 Å². The normalized spacial score (nSPS) is 18.8. The number of hydrogen-bond acceptors (Lipinski definition) is 6. The van der Waals surface area contributed by atoms with Crippen LogP contribution >= 0.6 is 0 Å². The van der Waals surface area contributed by atoms with Crippen molar-refractivity contribution in [2.75, 3.05) is 18.0 Å². The predicted octanol–water partition coefficient (Wildman–Crippen LogP) is 0.112. The summed E-state index contributed by atoms with van der Waals surface area (Å²) in [5.74, 6) is 0.317. The Bertz CT molecular complexity index is 822. The first-order chi connectivity index (χ1) is 11.1. The molecule has 1 unspecified atom stereocenters. The molecule has 1 fully saturated rings. The maximum absolute atomic E-state index is 12.4. The number of rotatable bonds is 4. The second kappa shape index (κ2) is 6.47. The van der Waals surface area contributed by atoms with Gasteiger partial charge in [-0.2, -0.15) is 0 Å². The molecule has 8 nitrogen and oxygen atoms in total. The van der Waals surface area contributed by atoms with E-state index in [0.29, 0.717) is 25.3 Å². The monoisotopic (exact) mass is 335 g/mol. The van der Waals surface area contributed by atoms with E-state index in [4.69, 9.17) is 0 Å². The number of pyridine rings is 1. The van der Waals surface area contributed by atoms with Crippen molar-refractivity contribution in [3.63, 3.8) is 0 Å². The maximum atomic E-state index is 12.4. The fourth-order valence-corrected chi connectivity index (χ4v) is 3.85. The molecule has 0 aromatic carbocycles. The third-order valence-electron chi connectivity index (χ3n) is 3.68. The molecule has 2 aromatic heterocycles. The van der Waals surface area contributed by atoms with Gasteiger partial charge < -0.3 is 9.88 Å². The Labute approximate surface area is 133 Å². The van der Waals surface area contributed by atoms with Gasteiger partial charge in [0.15, 0.2) is 5.82 Å². The highest BCUT2D eigenvalue weighted by Gasteiger charge is 2.26. The van der Waals surface area contributed by atoms with Crippen molar-refractivity contribution in [1.82, 2.24) is 19.7 Å². The molecule has 9 heteroatoms. The summed E-state index contributed by atoms with van der Waals surface area (Å²) >= 11 is 0. The van der Waals surface area contributed by atoms with Crippen LogP contribution in [0.25, 0.3) is 0 Å². The second-order valence-electron chi connectivity index (χ2n) is 5.34. The van der Waals surface area contributed by atoms with Gasteiger partial charge in [-0.15, -0.1) is 0 Å². The maximum Gasteiger partial charge on any atom is 0.290 e. The summed E-state index contributed by atoms with van der Waals surface area (Å²) in [6, 6.07) is 2.80. The van der Waals surface area contributed by atoms with Crippen LogP contribution in [0.15, 0.2) is 46.6 Å². The van der Waals surface area contributed by atoms with E-state index in [1.807, 2.05) is 0 Å². The van der Waals surface area contributed by atoms with E-state index in [1.54, 1.807) is 11.0 Å². The van der Waals surface area contributed by atoms with E-state index < -0.39 is 10.0 Å². The highest BCUT2D eigenvalue weighted by Crippen LogP contribution is 2.16. The van der Waals surface area contributed by atoms with Crippen molar-refractivity contribution in [1.29, 1.82) is 0 Å². The molecule has 23 heavy (non-hydrogen) atoms. The number of hydrogen-bond donors (Lipinski definition) is 2. The minimum absolute atomic E-state index is 0.132. The SMILES string of the molecule is O=c1[nH]ccnc1N1CCCC(NS(=O)(=O)c2cccnc2)C1. The highest BCUT2D eigenvalue weighted by molar-refractivity contribution is 7.89. The third kappa shape index (κ3) is 3.57. The molecule has 1 atom stereocenters. The molecular formula is C14H17N5O3S. The van der Waals surface area contributed by atoms with Crippen LogP contribution < -0.4 is 15.2 Å². The molecule has 0 aliphatic carbocycles. The number of nitrogens with one attached hydrogen (secondary N) is 2. The molecule has 3 heterocycles. The summed E-state index contributed by atoms with van der Waals surface area (Å²) < 4.78 is 27.4. The topological polar surface area (TPSA) is 108 Å². The zero-order valence-electron chi connectivity index (χ0n) is 12.3. The van der Waals surface area contributed by atoms with E-state index >= 15 is 0 Å². The molecule has 2 N–H and O–H groups in total. The van der Waals surface area contributed by atoms with Gasteiger partial charge in [0.1, 0.15) is 4.90 Å². The van der Waals surface area contributed by atoms with Gasteiger partial charge in [-0.25, -0.2) is 18.1 Å². The summed E-state index contributed by atoms with van der Waals surface area (Å²) in [5.41, 5.74) is -0.275. The molecule has 2 aromatic rings. The van der Waals surface area contributed by atoms with Gasteiger partial charge in [-0.1, -0.05) is 0 Å². The van der Waals surface area contributed by atoms with Gasteiger partial charge in [-0.3, -0.25) is 9.78 Å². The van der Waals surface area contributed by atoms with Crippen LogP contribution in [0.5, 0.6) is 0 Å². The van der Waals surface area contributed by atoms with Crippen molar-refractivity contribution in [3.05, 3.63) is 47.3 Å². The molecule has 0 saturated carbocycles. The van der Waals surface area contributed by atoms with Crippen molar-refractivity contribution in [3.8, 4) is 0 Å². The smallest absolute Gasteiger partial charge is 0.290 e. The first-order valence-corrected chi connectivity index (χ1v) is 8.75. The lowest BCUT2D eigenvalue weighted by Gasteiger charge is -2.33. The summed E-state index contributed by atoms with van der Waals surface area (Å²) in [6.07, 6.45) is 7.30. The summed E-state index contributed by atoms with van der Waals surface area (Å²) in [6.45, 7) is 1.07. The molecule has 1 aliphatic heterocycles. The number of H-pyrrole nitrogens is 1. The molecule has 122 valence electrons. The first-order valence-electron chi connectivity index (χ1n) is 7.27. The zero-order valence-corrected chi connectivity index (χ0v) is 13.2. The van der Waals surface area contributed by atoms with Crippen molar-refractivity contribution in [2.24, 2.45) is 0 Å². The number of piperidine rings is 1. The van der Waals surface area contributed by atoms with Gasteiger partial charge >= 0.3 is 0 Å². The lowest BCUT2D eigenvalue weighted by molar-refractivity contribution is 0.463. The molecule has 0 spiro atoms. The van der Waals surface area contributed by atoms with Gasteiger partial charge in [-0.05, 0) is 25.0 Å². The summed E-state index contributed by atoms with van der Waals surface area (Å²) in [5, 5.41) is 0. The Morgan fingerprint density at radius 1 is 1.35 bits per heavy atom. The largest absolute Gasteiger partial charge is 0.350 e. The van der Waals surface area contributed by atoms with Crippen LogP contribution in [0.2, 0.25) is 0 Å². The molecule has 1 saturated heterocycles. The second-order valence-corrected chi connectivity index (χ2v) is 7.05. The molecule has 0 radical (unpaired) electrons. The van der Waals surface area contributed by atoms with Crippen LogP contribution in [0.4, 0.5) is 5.82 Å². The van der Waals surface area contributed by atoms with E-state index in [0.717, 1.165) is 6.42 Å². The fourth-order valence-electron chi connectivity index (χ4n) is 2.63. The molecular weight excluding hydrogens is 318 g/mol. The Morgan fingerprint density at radius 3 is 2.96 bits per heavy atom. The average Bonchev–Trinajstić information content (AvgIpc) is 2.56.